The van der Waals surface area contributed by atoms with Crippen LogP contribution in [0.15, 0.2) is 18.2 Å². The first-order valence-electron chi connectivity index (χ1n) is 6.35. The summed E-state index contributed by atoms with van der Waals surface area (Å²) in [6.45, 7) is 7.80. The zero-order valence-corrected chi connectivity index (χ0v) is 12.1. The summed E-state index contributed by atoms with van der Waals surface area (Å²) in [5.41, 5.74) is 4.86. The molecule has 1 atom stereocenters. The van der Waals surface area contributed by atoms with Crippen LogP contribution in [0, 0.1) is 20.8 Å². The molecule has 0 aliphatic carbocycles. The zero-order chi connectivity index (χ0) is 14.2. The Labute approximate surface area is 113 Å². The number of rotatable bonds is 3. The summed E-state index contributed by atoms with van der Waals surface area (Å²) in [5, 5.41) is 14.6. The van der Waals surface area contributed by atoms with Crippen molar-refractivity contribution in [2.45, 2.75) is 33.8 Å². The number of nitrogens with zero attached hydrogens (tertiary/aromatic N) is 2. The number of aromatic nitrogens is 2. The summed E-state index contributed by atoms with van der Waals surface area (Å²) < 4.78 is 7.21. The van der Waals surface area contributed by atoms with Crippen LogP contribution in [0.3, 0.4) is 0 Å². The Bertz CT molecular complexity index is 600. The molecule has 0 spiro atoms. The number of benzene rings is 1. The Morgan fingerprint density at radius 1 is 1.26 bits per heavy atom. The smallest absolute Gasteiger partial charge is 0.126 e. The van der Waals surface area contributed by atoms with Crippen LogP contribution in [0.4, 0.5) is 0 Å². The van der Waals surface area contributed by atoms with Gasteiger partial charge in [-0.05, 0) is 45.4 Å². The third-order valence-corrected chi connectivity index (χ3v) is 3.56. The molecular formula is C15H20N2O2. The average molecular weight is 260 g/mol. The van der Waals surface area contributed by atoms with Crippen LogP contribution in [-0.4, -0.2) is 22.0 Å². The summed E-state index contributed by atoms with van der Waals surface area (Å²) in [6, 6.07) is 5.71. The molecule has 0 aliphatic heterocycles. The number of hydrogen-bond acceptors (Lipinski definition) is 3. The predicted molar refractivity (Wildman–Crippen MR) is 75.0 cm³/mol. The molecule has 0 aliphatic rings. The maximum absolute atomic E-state index is 10.0. The Balaban J connectivity index is 2.71. The van der Waals surface area contributed by atoms with Crippen molar-refractivity contribution in [3.63, 3.8) is 0 Å². The lowest BCUT2D eigenvalue weighted by molar-refractivity contribution is 0.194. The average Bonchev–Trinajstić information content (AvgIpc) is 2.65. The standard InChI is InChI=1S/C15H20N2O2/c1-9-10(2)16-17(11(9)3)13-7-6-8-14(19-5)15(13)12(4)18/h6-8,12,18H,1-5H3/t12-/m0/s1. The van der Waals surface area contributed by atoms with Gasteiger partial charge in [0.1, 0.15) is 5.75 Å². The van der Waals surface area contributed by atoms with Crippen molar-refractivity contribution in [2.24, 2.45) is 0 Å². The molecule has 0 bridgehead atoms. The molecule has 1 N–H and O–H groups in total. The first-order chi connectivity index (χ1) is 8.97. The largest absolute Gasteiger partial charge is 0.496 e. The number of methoxy groups -OCH3 is 1. The third kappa shape index (κ3) is 2.24. The lowest BCUT2D eigenvalue weighted by Gasteiger charge is -2.17. The molecular weight excluding hydrogens is 240 g/mol. The molecule has 2 aromatic rings. The molecule has 0 unspecified atom stereocenters. The van der Waals surface area contributed by atoms with Crippen LogP contribution in [0.2, 0.25) is 0 Å². The summed E-state index contributed by atoms with van der Waals surface area (Å²) >= 11 is 0. The van der Waals surface area contributed by atoms with Crippen molar-refractivity contribution < 1.29 is 9.84 Å². The predicted octanol–water partition coefficient (Wildman–Crippen LogP) is 2.86. The molecule has 1 aromatic heterocycles. The van der Waals surface area contributed by atoms with Crippen LogP contribution < -0.4 is 4.74 Å². The third-order valence-electron chi connectivity index (χ3n) is 3.56. The van der Waals surface area contributed by atoms with Gasteiger partial charge in [-0.3, -0.25) is 0 Å². The van der Waals surface area contributed by atoms with Crippen molar-refractivity contribution in [1.82, 2.24) is 9.78 Å². The minimum Gasteiger partial charge on any atom is -0.496 e. The first-order valence-corrected chi connectivity index (χ1v) is 6.35. The number of aliphatic hydroxyl groups excluding tert-OH is 1. The second-order valence-electron chi connectivity index (χ2n) is 4.78. The van der Waals surface area contributed by atoms with Crippen molar-refractivity contribution in [3.05, 3.63) is 40.7 Å². The van der Waals surface area contributed by atoms with E-state index in [-0.39, 0.29) is 0 Å². The number of aliphatic hydroxyl groups is 1. The monoisotopic (exact) mass is 260 g/mol. The molecule has 19 heavy (non-hydrogen) atoms. The maximum Gasteiger partial charge on any atom is 0.126 e. The van der Waals surface area contributed by atoms with Gasteiger partial charge in [-0.25, -0.2) is 4.68 Å². The van der Waals surface area contributed by atoms with E-state index in [0.717, 1.165) is 22.6 Å². The molecule has 4 heteroatoms. The van der Waals surface area contributed by atoms with Crippen molar-refractivity contribution in [3.8, 4) is 11.4 Å². The van der Waals surface area contributed by atoms with Crippen LogP contribution in [0.5, 0.6) is 5.75 Å². The topological polar surface area (TPSA) is 47.3 Å². The summed E-state index contributed by atoms with van der Waals surface area (Å²) in [4.78, 5) is 0. The maximum atomic E-state index is 10.0. The highest BCUT2D eigenvalue weighted by molar-refractivity contribution is 5.52. The molecule has 1 heterocycles. The van der Waals surface area contributed by atoms with Gasteiger partial charge in [0.25, 0.3) is 0 Å². The molecule has 0 saturated carbocycles. The van der Waals surface area contributed by atoms with Gasteiger partial charge < -0.3 is 9.84 Å². The van der Waals surface area contributed by atoms with E-state index in [4.69, 9.17) is 4.74 Å². The van der Waals surface area contributed by atoms with Gasteiger partial charge in [0.15, 0.2) is 0 Å². The van der Waals surface area contributed by atoms with E-state index in [0.29, 0.717) is 5.75 Å². The van der Waals surface area contributed by atoms with Gasteiger partial charge in [0.05, 0.1) is 24.6 Å². The van der Waals surface area contributed by atoms with Gasteiger partial charge in [0, 0.05) is 11.3 Å². The zero-order valence-electron chi connectivity index (χ0n) is 12.1. The van der Waals surface area contributed by atoms with Crippen molar-refractivity contribution in [1.29, 1.82) is 0 Å². The minimum atomic E-state index is -0.615. The Hall–Kier alpha value is -1.81. The molecule has 0 saturated heterocycles. The number of ether oxygens (including phenoxy) is 1. The van der Waals surface area contributed by atoms with E-state index >= 15 is 0 Å². The van der Waals surface area contributed by atoms with E-state index in [1.54, 1.807) is 14.0 Å². The molecule has 0 amide bonds. The molecule has 102 valence electrons. The van der Waals surface area contributed by atoms with E-state index < -0.39 is 6.10 Å². The highest BCUT2D eigenvalue weighted by Crippen LogP contribution is 2.32. The normalized spacial score (nSPS) is 12.5. The van der Waals surface area contributed by atoms with E-state index in [9.17, 15) is 5.11 Å². The Kier molecular flexibility index (Phi) is 3.62. The van der Waals surface area contributed by atoms with Crippen molar-refractivity contribution in [2.75, 3.05) is 7.11 Å². The SMILES string of the molecule is COc1cccc(-n2nc(C)c(C)c2C)c1[C@H](C)O. The van der Waals surface area contributed by atoms with E-state index in [2.05, 4.69) is 12.0 Å². The van der Waals surface area contributed by atoms with Gasteiger partial charge in [-0.2, -0.15) is 5.10 Å². The number of aryl methyl sites for hydroxylation is 1. The second kappa shape index (κ2) is 5.05. The van der Waals surface area contributed by atoms with E-state index in [1.165, 1.54) is 5.56 Å². The minimum absolute atomic E-state index is 0.615. The van der Waals surface area contributed by atoms with Gasteiger partial charge >= 0.3 is 0 Å². The van der Waals surface area contributed by atoms with Crippen molar-refractivity contribution >= 4 is 0 Å². The Morgan fingerprint density at radius 3 is 2.42 bits per heavy atom. The highest BCUT2D eigenvalue weighted by Gasteiger charge is 2.18. The molecule has 0 radical (unpaired) electrons. The fourth-order valence-electron chi connectivity index (χ4n) is 2.27. The van der Waals surface area contributed by atoms with Gasteiger partial charge in [-0.15, -0.1) is 0 Å². The second-order valence-corrected chi connectivity index (χ2v) is 4.78. The van der Waals surface area contributed by atoms with Crippen LogP contribution in [0.1, 0.15) is 35.5 Å². The number of hydrogen-bond donors (Lipinski definition) is 1. The highest BCUT2D eigenvalue weighted by atomic mass is 16.5. The van der Waals surface area contributed by atoms with Crippen LogP contribution >= 0.6 is 0 Å². The van der Waals surface area contributed by atoms with Gasteiger partial charge in [-0.1, -0.05) is 6.07 Å². The summed E-state index contributed by atoms with van der Waals surface area (Å²) in [6.07, 6.45) is -0.615. The fraction of sp³-hybridized carbons (Fsp3) is 0.400. The first kappa shape index (κ1) is 13.6. The molecule has 1 aromatic carbocycles. The molecule has 2 rings (SSSR count). The lowest BCUT2D eigenvalue weighted by Crippen LogP contribution is -2.07. The van der Waals surface area contributed by atoms with E-state index in [1.807, 2.05) is 36.7 Å². The molecule has 4 nitrogen and oxygen atoms in total. The van der Waals surface area contributed by atoms with Crippen LogP contribution in [0.25, 0.3) is 5.69 Å². The fourth-order valence-corrected chi connectivity index (χ4v) is 2.27. The van der Waals surface area contributed by atoms with Gasteiger partial charge in [0.2, 0.25) is 0 Å². The Morgan fingerprint density at radius 2 is 1.95 bits per heavy atom. The summed E-state index contributed by atoms with van der Waals surface area (Å²) in [5.74, 6) is 0.678. The summed E-state index contributed by atoms with van der Waals surface area (Å²) in [7, 11) is 1.61. The van der Waals surface area contributed by atoms with Crippen LogP contribution in [-0.2, 0) is 0 Å². The lowest BCUT2D eigenvalue weighted by atomic mass is 10.1. The molecule has 0 fully saturated rings. The quantitative estimate of drug-likeness (QED) is 0.923.